The Kier molecular flexibility index (Phi) is 4.96. The van der Waals surface area contributed by atoms with Crippen molar-refractivity contribution in [3.05, 3.63) is 37.3 Å². The Balaban J connectivity index is 1.56. The van der Waals surface area contributed by atoms with Gasteiger partial charge in [-0.25, -0.2) is 0 Å². The van der Waals surface area contributed by atoms with Crippen LogP contribution in [-0.2, 0) is 11.3 Å². The van der Waals surface area contributed by atoms with Crippen molar-refractivity contribution >= 4 is 34.4 Å². The van der Waals surface area contributed by atoms with Gasteiger partial charge in [0.15, 0.2) is 0 Å². The van der Waals surface area contributed by atoms with Crippen LogP contribution in [0.5, 0.6) is 0 Å². The van der Waals surface area contributed by atoms with Gasteiger partial charge in [0.05, 0.1) is 17.3 Å². The Morgan fingerprint density at radius 3 is 3.14 bits per heavy atom. The molecule has 1 saturated heterocycles. The van der Waals surface area contributed by atoms with E-state index in [1.807, 2.05) is 35.0 Å². The van der Waals surface area contributed by atoms with Crippen molar-refractivity contribution in [1.82, 2.24) is 29.6 Å². The zero-order valence-corrected chi connectivity index (χ0v) is 15.9. The third-order valence-corrected chi connectivity index (χ3v) is 4.88. The Bertz CT molecular complexity index is 991. The molecule has 1 amide bonds. The normalized spacial score (nSPS) is 16.9. The van der Waals surface area contributed by atoms with Crippen LogP contribution in [0, 0.1) is 0 Å². The lowest BCUT2D eigenvalue weighted by Gasteiger charge is -2.33. The van der Waals surface area contributed by atoms with Crippen LogP contribution in [0.1, 0.15) is 19.8 Å². The predicted molar refractivity (Wildman–Crippen MR) is 108 cm³/mol. The van der Waals surface area contributed by atoms with Crippen molar-refractivity contribution in [2.75, 3.05) is 23.7 Å². The van der Waals surface area contributed by atoms with E-state index in [1.54, 1.807) is 6.20 Å². The van der Waals surface area contributed by atoms with E-state index in [0.717, 1.165) is 48.5 Å². The molecule has 9 nitrogen and oxygen atoms in total. The highest BCUT2D eigenvalue weighted by Crippen LogP contribution is 2.25. The van der Waals surface area contributed by atoms with Crippen LogP contribution < -0.4 is 10.6 Å². The molecule has 4 heterocycles. The number of H-pyrrole nitrogens is 1. The van der Waals surface area contributed by atoms with E-state index in [-0.39, 0.29) is 11.9 Å². The summed E-state index contributed by atoms with van der Waals surface area (Å²) in [6.45, 7) is 7.81. The van der Waals surface area contributed by atoms with Crippen molar-refractivity contribution in [2.45, 2.75) is 32.4 Å². The number of amides is 1. The quantitative estimate of drug-likeness (QED) is 0.568. The summed E-state index contributed by atoms with van der Waals surface area (Å²) in [4.78, 5) is 26.1. The summed E-state index contributed by atoms with van der Waals surface area (Å²) in [6.07, 6.45) is 8.80. The maximum atomic E-state index is 12.0. The number of hydrogen-bond acceptors (Lipinski definition) is 6. The second-order valence-corrected chi connectivity index (χ2v) is 6.82. The number of aryl methyl sites for hydroxylation is 1. The van der Waals surface area contributed by atoms with Gasteiger partial charge in [0.1, 0.15) is 11.5 Å². The van der Waals surface area contributed by atoms with Gasteiger partial charge in [-0.05, 0) is 31.9 Å². The SMILES string of the molecule is C=CC(=O)N1CCC[C@@H](Nc2nc(Nc3cnn(CC)c3)nc3[nH]ccc23)C1. The Morgan fingerprint density at radius 2 is 2.36 bits per heavy atom. The Morgan fingerprint density at radius 1 is 1.46 bits per heavy atom. The minimum atomic E-state index is -0.0312. The van der Waals surface area contributed by atoms with E-state index in [4.69, 9.17) is 0 Å². The molecule has 3 N–H and O–H groups in total. The summed E-state index contributed by atoms with van der Waals surface area (Å²) >= 11 is 0. The van der Waals surface area contributed by atoms with Crippen molar-refractivity contribution in [1.29, 1.82) is 0 Å². The van der Waals surface area contributed by atoms with Gasteiger partial charge in [0.25, 0.3) is 0 Å². The number of nitrogens with zero attached hydrogens (tertiary/aromatic N) is 5. The van der Waals surface area contributed by atoms with Crippen LogP contribution >= 0.6 is 0 Å². The first kappa shape index (κ1) is 18.0. The number of likely N-dealkylation sites (tertiary alicyclic amines) is 1. The van der Waals surface area contributed by atoms with Crippen LogP contribution in [-0.4, -0.2) is 54.7 Å². The number of aromatic nitrogens is 5. The van der Waals surface area contributed by atoms with Gasteiger partial charge in [0, 0.05) is 38.1 Å². The molecule has 0 spiro atoms. The van der Waals surface area contributed by atoms with E-state index in [1.165, 1.54) is 6.08 Å². The van der Waals surface area contributed by atoms with Crippen molar-refractivity contribution in [3.63, 3.8) is 0 Å². The molecule has 28 heavy (non-hydrogen) atoms. The van der Waals surface area contributed by atoms with Crippen LogP contribution in [0.3, 0.4) is 0 Å². The number of hydrogen-bond donors (Lipinski definition) is 3. The van der Waals surface area contributed by atoms with Gasteiger partial charge in [-0.2, -0.15) is 15.1 Å². The summed E-state index contributed by atoms with van der Waals surface area (Å²) in [5, 5.41) is 11.9. The standard InChI is InChI=1S/C19H24N8O/c1-3-16(28)26-9-5-6-13(11-26)22-18-15-7-8-20-17(15)24-19(25-18)23-14-10-21-27(4-2)12-14/h3,7-8,10,12-13H,1,4-6,9,11H2,2H3,(H3,20,22,23,24,25)/t13-/m1/s1. The minimum Gasteiger partial charge on any atom is -0.365 e. The highest BCUT2D eigenvalue weighted by atomic mass is 16.2. The van der Waals surface area contributed by atoms with Gasteiger partial charge in [-0.1, -0.05) is 6.58 Å². The molecule has 1 aliphatic heterocycles. The van der Waals surface area contributed by atoms with Gasteiger partial charge >= 0.3 is 0 Å². The number of nitrogens with one attached hydrogen (secondary N) is 3. The molecule has 3 aromatic heterocycles. The monoisotopic (exact) mass is 380 g/mol. The number of carbonyl (C=O) groups is 1. The maximum Gasteiger partial charge on any atom is 0.246 e. The van der Waals surface area contributed by atoms with Crippen molar-refractivity contribution in [3.8, 4) is 0 Å². The Hall–Kier alpha value is -3.36. The highest BCUT2D eigenvalue weighted by Gasteiger charge is 2.23. The van der Waals surface area contributed by atoms with E-state index < -0.39 is 0 Å². The maximum absolute atomic E-state index is 12.0. The molecular formula is C19H24N8O. The second-order valence-electron chi connectivity index (χ2n) is 6.82. The molecule has 0 radical (unpaired) electrons. The highest BCUT2D eigenvalue weighted by molar-refractivity contribution is 5.89. The number of anilines is 3. The van der Waals surface area contributed by atoms with E-state index in [9.17, 15) is 4.79 Å². The lowest BCUT2D eigenvalue weighted by Crippen LogP contribution is -2.44. The number of fused-ring (bicyclic) bond motifs is 1. The molecule has 1 atom stereocenters. The average Bonchev–Trinajstić information content (AvgIpc) is 3.37. The summed E-state index contributed by atoms with van der Waals surface area (Å²) < 4.78 is 1.84. The topological polar surface area (TPSA) is 104 Å². The molecule has 0 bridgehead atoms. The molecule has 0 aromatic carbocycles. The minimum absolute atomic E-state index is 0.0312. The number of carbonyl (C=O) groups excluding carboxylic acids is 1. The van der Waals surface area contributed by atoms with Gasteiger partial charge < -0.3 is 20.5 Å². The summed E-state index contributed by atoms with van der Waals surface area (Å²) in [5.41, 5.74) is 1.58. The fraction of sp³-hybridized carbons (Fsp3) is 0.368. The average molecular weight is 380 g/mol. The lowest BCUT2D eigenvalue weighted by atomic mass is 10.1. The van der Waals surface area contributed by atoms with Crippen LogP contribution in [0.4, 0.5) is 17.5 Å². The van der Waals surface area contributed by atoms with Gasteiger partial charge in [-0.3, -0.25) is 9.48 Å². The number of piperidine rings is 1. The predicted octanol–water partition coefficient (Wildman–Crippen LogP) is 2.51. The smallest absolute Gasteiger partial charge is 0.246 e. The number of rotatable bonds is 6. The molecule has 0 aliphatic carbocycles. The van der Waals surface area contributed by atoms with E-state index >= 15 is 0 Å². The molecular weight excluding hydrogens is 356 g/mol. The van der Waals surface area contributed by atoms with Crippen molar-refractivity contribution < 1.29 is 4.79 Å². The first-order valence-electron chi connectivity index (χ1n) is 9.48. The molecule has 3 aromatic rings. The van der Waals surface area contributed by atoms with Gasteiger partial charge in [-0.15, -0.1) is 0 Å². The van der Waals surface area contributed by atoms with Gasteiger partial charge in [0.2, 0.25) is 11.9 Å². The molecule has 9 heteroatoms. The molecule has 0 unspecified atom stereocenters. The summed E-state index contributed by atoms with van der Waals surface area (Å²) in [6, 6.07) is 2.08. The first-order chi connectivity index (χ1) is 13.7. The molecule has 1 aliphatic rings. The molecule has 1 fully saturated rings. The van der Waals surface area contributed by atoms with E-state index in [2.05, 4.69) is 37.3 Å². The fourth-order valence-corrected chi connectivity index (χ4v) is 3.45. The van der Waals surface area contributed by atoms with Crippen molar-refractivity contribution in [2.24, 2.45) is 0 Å². The molecule has 146 valence electrons. The zero-order valence-electron chi connectivity index (χ0n) is 15.9. The molecule has 4 rings (SSSR count). The largest absolute Gasteiger partial charge is 0.365 e. The first-order valence-corrected chi connectivity index (χ1v) is 9.48. The van der Waals surface area contributed by atoms with Crippen LogP contribution in [0.2, 0.25) is 0 Å². The Labute approximate surface area is 162 Å². The second kappa shape index (κ2) is 7.71. The third kappa shape index (κ3) is 3.68. The lowest BCUT2D eigenvalue weighted by molar-refractivity contribution is -0.127. The summed E-state index contributed by atoms with van der Waals surface area (Å²) in [5.74, 6) is 1.20. The number of aromatic amines is 1. The molecule has 0 saturated carbocycles. The zero-order chi connectivity index (χ0) is 19.5. The third-order valence-electron chi connectivity index (χ3n) is 4.88. The van der Waals surface area contributed by atoms with Crippen LogP contribution in [0.25, 0.3) is 11.0 Å². The van der Waals surface area contributed by atoms with E-state index in [0.29, 0.717) is 12.5 Å². The van der Waals surface area contributed by atoms with Crippen LogP contribution in [0.15, 0.2) is 37.3 Å². The summed E-state index contributed by atoms with van der Waals surface area (Å²) in [7, 11) is 0. The fourth-order valence-electron chi connectivity index (χ4n) is 3.45.